The lowest BCUT2D eigenvalue weighted by molar-refractivity contribution is -0.240. The topological polar surface area (TPSA) is 0 Å². The molecule has 0 heteroatoms. The third-order valence-corrected chi connectivity index (χ3v) is 52.0. The van der Waals surface area contributed by atoms with Crippen LogP contribution in [0.5, 0.6) is 0 Å². The van der Waals surface area contributed by atoms with Gasteiger partial charge in [0.2, 0.25) is 0 Å². The Morgan fingerprint density at radius 1 is 0.165 bits per heavy atom. The largest absolute Gasteiger partial charge is 0.0649 e. The van der Waals surface area contributed by atoms with Gasteiger partial charge in [0.25, 0.3) is 0 Å². The van der Waals surface area contributed by atoms with E-state index in [1.165, 1.54) is 135 Å². The van der Waals surface area contributed by atoms with Crippen LogP contribution in [0.4, 0.5) is 0 Å². The van der Waals surface area contributed by atoms with Gasteiger partial charge in [-0.2, -0.15) is 0 Å². The van der Waals surface area contributed by atoms with E-state index in [2.05, 4.69) is 198 Å². The first-order valence-electron chi connectivity index (χ1n) is 58.8. The van der Waals surface area contributed by atoms with Crippen LogP contribution in [0.3, 0.4) is 0 Å². The van der Waals surface area contributed by atoms with Gasteiger partial charge in [-0.1, -0.05) is 223 Å². The fourth-order valence-corrected chi connectivity index (χ4v) is 53.0. The maximum absolute atomic E-state index is 2.64. The van der Waals surface area contributed by atoms with Gasteiger partial charge in [-0.3, -0.25) is 0 Å². The number of hydrogen-bond acceptors (Lipinski definition) is 0. The predicted octanol–water partition coefficient (Wildman–Crippen LogP) is 34.5. The van der Waals surface area contributed by atoms with Crippen LogP contribution in [0.15, 0.2) is 170 Å². The van der Waals surface area contributed by atoms with Crippen LogP contribution in [-0.4, -0.2) is 0 Å². The van der Waals surface area contributed by atoms with Crippen molar-refractivity contribution in [1.29, 1.82) is 0 Å². The zero-order valence-electron chi connectivity index (χ0n) is 83.9. The third kappa shape index (κ3) is 12.9. The van der Waals surface area contributed by atoms with Crippen molar-refractivity contribution < 1.29 is 0 Å². The molecule has 0 nitrogen and oxygen atoms in total. The first kappa shape index (κ1) is 84.0. The van der Waals surface area contributed by atoms with Gasteiger partial charge in [-0.05, 0) is 589 Å². The molecule has 6 aromatic rings. The highest BCUT2D eigenvalue weighted by atomic mass is 14.8. The molecule has 0 saturated heterocycles. The van der Waals surface area contributed by atoms with E-state index in [1.807, 2.05) is 0 Å². The summed E-state index contributed by atoms with van der Waals surface area (Å²) in [6.45, 7) is 9.92. The molecule has 6 aromatic carbocycles. The lowest BCUT2D eigenvalue weighted by Gasteiger charge is -2.75. The summed E-state index contributed by atoms with van der Waals surface area (Å²) in [7, 11) is 0. The number of fused-ring (bicyclic) bond motifs is 2. The summed E-state index contributed by atoms with van der Waals surface area (Å²) in [5, 5.41) is 0. The van der Waals surface area contributed by atoms with Gasteiger partial charge in [0.1, 0.15) is 0 Å². The summed E-state index contributed by atoms with van der Waals surface area (Å²) in [5.41, 5.74) is 24.5. The summed E-state index contributed by atoms with van der Waals surface area (Å²) in [4.78, 5) is 0. The molecule has 36 fully saturated rings. The van der Waals surface area contributed by atoms with Crippen LogP contribution in [-0.2, 0) is 45.3 Å². The maximum Gasteiger partial charge on any atom is -0.00247 e. The van der Waals surface area contributed by atoms with E-state index in [9.17, 15) is 0 Å². The quantitative estimate of drug-likeness (QED) is 0.128. The van der Waals surface area contributed by atoms with Gasteiger partial charge in [-0.15, -0.1) is 0 Å². The lowest BCUT2D eigenvalue weighted by Crippen LogP contribution is -2.68. The number of rotatable bonds is 10. The average Bonchev–Trinajstić information content (AvgIpc) is 0.824. The van der Waals surface area contributed by atoms with Crippen molar-refractivity contribution >= 4 is 0 Å². The van der Waals surface area contributed by atoms with E-state index >= 15 is 0 Å². The predicted molar refractivity (Wildman–Crippen MR) is 545 cm³/mol. The molecule has 44 rings (SSSR count). The Labute approximate surface area is 806 Å². The number of hydrogen-bond donors (Lipinski definition) is 0. The van der Waals surface area contributed by atoms with E-state index in [4.69, 9.17) is 0 Å². The van der Waals surface area contributed by atoms with Gasteiger partial charge in [-0.25, -0.2) is 0 Å². The van der Waals surface area contributed by atoms with Gasteiger partial charge < -0.3 is 0 Å². The van der Waals surface area contributed by atoms with Crippen molar-refractivity contribution in [3.05, 3.63) is 214 Å². The minimum absolute atomic E-state index is 0.289. The van der Waals surface area contributed by atoms with Crippen molar-refractivity contribution in [2.24, 2.45) is 172 Å². The van der Waals surface area contributed by atoms with Gasteiger partial charge in [0.15, 0.2) is 0 Å². The lowest BCUT2D eigenvalue weighted by atomic mass is 9.30. The summed E-state index contributed by atoms with van der Waals surface area (Å²) >= 11 is 0. The van der Waals surface area contributed by atoms with Crippen LogP contribution in [0.1, 0.15) is 425 Å². The first-order valence-corrected chi connectivity index (χ1v) is 58.8. The molecule has 38 aliphatic carbocycles. The van der Waals surface area contributed by atoms with Crippen molar-refractivity contribution in [1.82, 2.24) is 0 Å². The molecule has 133 heavy (non-hydrogen) atoms. The SMILES string of the molecule is C1C2CC34CC1CC(C2)(C3)CC12CC3CC(C1)CC(C3)(C2)CC12CC3CC(CC(C3)(C1)C4)C2.CCC12CC3(c4ccccc4)CC(c4ccccc4)(C1)CC(c1ccccc1)(C2)C3.CCC12CC3C4CC5(c6ccccc6)CC3C(C1)C(C5)C4C2.CCC12CC3CC(C1)CC(c1ccc(C45CC6CC(CC(CC)(C6)C4)C5)cc1)(C3)C2.c1cc2ccc1CC13CC4CC(C1)CC(C2)(C4)C3. The molecule has 38 bridgehead atoms. The minimum atomic E-state index is 0.289. The molecular weight excluding hydrogens is 1600 g/mol. The Morgan fingerprint density at radius 2 is 0.376 bits per heavy atom. The molecule has 36 saturated carbocycles. The molecule has 4 unspecified atom stereocenters. The van der Waals surface area contributed by atoms with Gasteiger partial charge in [0, 0.05) is 0 Å². The van der Waals surface area contributed by atoms with Crippen LogP contribution in [0.2, 0.25) is 0 Å². The number of benzene rings is 6. The van der Waals surface area contributed by atoms with Crippen LogP contribution in [0.25, 0.3) is 0 Å². The Kier molecular flexibility index (Phi) is 18.1. The summed E-state index contributed by atoms with van der Waals surface area (Å²) in [6, 6.07) is 66.5. The van der Waals surface area contributed by atoms with Crippen molar-refractivity contribution in [3.8, 4) is 0 Å². The zero-order valence-corrected chi connectivity index (χ0v) is 83.9. The molecule has 0 heterocycles. The average molecular weight is 1770 g/mol. The zero-order chi connectivity index (χ0) is 88.1. The van der Waals surface area contributed by atoms with E-state index in [0.717, 1.165) is 144 Å². The van der Waals surface area contributed by atoms with Crippen molar-refractivity contribution in [2.75, 3.05) is 0 Å². The molecule has 0 aromatic heterocycles. The van der Waals surface area contributed by atoms with E-state index in [-0.39, 0.29) is 16.2 Å². The second-order valence-corrected chi connectivity index (χ2v) is 60.9. The minimum Gasteiger partial charge on any atom is -0.0649 e. The van der Waals surface area contributed by atoms with E-state index < -0.39 is 0 Å². The molecule has 704 valence electrons. The normalized spacial score (nSPS) is 53.4. The Bertz CT molecular complexity index is 4870. The summed E-state index contributed by atoms with van der Waals surface area (Å²) < 4.78 is 0. The van der Waals surface area contributed by atoms with Gasteiger partial charge >= 0.3 is 0 Å². The first-order chi connectivity index (χ1) is 64.4. The van der Waals surface area contributed by atoms with Crippen LogP contribution in [0, 0.1) is 172 Å². The molecule has 0 N–H and O–H groups in total. The second kappa shape index (κ2) is 28.6. The fourth-order valence-electron chi connectivity index (χ4n) is 53.0. The molecule has 0 radical (unpaired) electrons. The van der Waals surface area contributed by atoms with Crippen molar-refractivity contribution in [3.63, 3.8) is 0 Å². The van der Waals surface area contributed by atoms with Gasteiger partial charge in [0.05, 0.1) is 0 Å². The molecule has 0 aliphatic heterocycles. The summed E-state index contributed by atoms with van der Waals surface area (Å²) in [6.07, 6.45) is 88.7. The Hall–Kier alpha value is -4.68. The van der Waals surface area contributed by atoms with Crippen LogP contribution >= 0.6 is 0 Å². The second-order valence-electron chi connectivity index (χ2n) is 60.9. The highest BCUT2D eigenvalue weighted by Crippen LogP contribution is 2.84. The smallest absolute Gasteiger partial charge is 0.00247 e. The van der Waals surface area contributed by atoms with E-state index in [1.54, 1.807) is 276 Å². The molecule has 8 spiro atoms. The Morgan fingerprint density at radius 3 is 0.632 bits per heavy atom. The highest BCUT2D eigenvalue weighted by Gasteiger charge is 2.75. The third-order valence-electron chi connectivity index (χ3n) is 52.0. The Balaban J connectivity index is 0.0000000807. The standard InChI is InChI=1S/C33H48.C30H42.C30H32.C22H28.C18H22/c1-22-4-28-5-23(1)7-29(6-22,16-28)20-31-10-26-3-27(11-31)15-33(14-26,18-31)21-32-12-24-2-25(13-32)9-30(8-24,17-32)19-28;1-3-27-11-21-9-22(12-27)16-29(15-21,19-27)25-5-7-26(8-6-25)30-17-23-10-24(18-30)14-28(4-2,13-23)20-30;1-2-27-18-28(24-12-6-3-7-13-24)21-29(19-27,25-14-8-4-9-15-25)23-30(20-27,22-28)26-16-10-5-11-17-26;1-2-21-8-15-18-11-22(14-6-4-3-5-7-14)12-19(15)17(10-21)20(13-22)16(18)9-21;1-2-14-4-3-13(1)6-17-8-15-5-16(9-17)11-18(7-14,10-15)12-17/h22-27H,1-21H2;5-8,21-24H,3-4,9-20H2,1-2H3;3-17H,2,18-23H2,1H3;3-7,15-20H,2,8-13H2,1H3;1-4,15-16H,5-12H2. The molecule has 4 atom stereocenters. The molecule has 38 aliphatic rings. The molecule has 0 amide bonds. The summed E-state index contributed by atoms with van der Waals surface area (Å²) in [5.74, 6) is 19.7. The van der Waals surface area contributed by atoms with E-state index in [0.29, 0.717) is 43.3 Å². The monoisotopic (exact) mass is 1770 g/mol. The van der Waals surface area contributed by atoms with Crippen LogP contribution < -0.4 is 0 Å². The maximum atomic E-state index is 2.64. The highest BCUT2D eigenvalue weighted by molar-refractivity contribution is 5.47. The fraction of sp³-hybridized carbons (Fsp3) is 0.729. The van der Waals surface area contributed by atoms with Crippen molar-refractivity contribution in [2.45, 2.75) is 426 Å². The molecular formula is C133H172.